The Hall–Kier alpha value is -1.94. The number of benzene rings is 1. The molecule has 0 spiro atoms. The number of aryl methyl sites for hydroxylation is 1. The molecule has 1 aliphatic rings. The SMILES string of the molecule is C/C(=C/C(=O)N1CCCCC1c1nccs1)CCc1ccccc1. The molecule has 1 atom stereocenters. The van der Waals surface area contributed by atoms with Gasteiger partial charge in [0.2, 0.25) is 5.91 Å². The van der Waals surface area contributed by atoms with Crippen LogP contribution in [0, 0.1) is 0 Å². The van der Waals surface area contributed by atoms with Gasteiger partial charge in [-0.2, -0.15) is 0 Å². The summed E-state index contributed by atoms with van der Waals surface area (Å²) in [5, 5.41) is 3.06. The number of hydrogen-bond acceptors (Lipinski definition) is 3. The molecule has 24 heavy (non-hydrogen) atoms. The molecule has 1 saturated heterocycles. The third-order valence-electron chi connectivity index (χ3n) is 4.54. The fourth-order valence-electron chi connectivity index (χ4n) is 3.20. The summed E-state index contributed by atoms with van der Waals surface area (Å²) in [6, 6.07) is 10.6. The van der Waals surface area contributed by atoms with Crippen LogP contribution in [0.25, 0.3) is 0 Å². The second kappa shape index (κ2) is 8.25. The average molecular weight is 340 g/mol. The van der Waals surface area contributed by atoms with E-state index in [1.165, 1.54) is 12.0 Å². The van der Waals surface area contributed by atoms with E-state index in [0.717, 1.165) is 42.8 Å². The lowest BCUT2D eigenvalue weighted by molar-refractivity contribution is -0.129. The van der Waals surface area contributed by atoms with Gasteiger partial charge in [-0.1, -0.05) is 35.9 Å². The molecule has 1 unspecified atom stereocenters. The smallest absolute Gasteiger partial charge is 0.247 e. The highest BCUT2D eigenvalue weighted by atomic mass is 32.1. The third-order valence-corrected chi connectivity index (χ3v) is 5.42. The van der Waals surface area contributed by atoms with Gasteiger partial charge in [0.25, 0.3) is 0 Å². The van der Waals surface area contributed by atoms with E-state index >= 15 is 0 Å². The molecule has 2 heterocycles. The Kier molecular flexibility index (Phi) is 5.81. The van der Waals surface area contributed by atoms with E-state index in [1.807, 2.05) is 28.6 Å². The summed E-state index contributed by atoms with van der Waals surface area (Å²) in [4.78, 5) is 19.2. The van der Waals surface area contributed by atoms with Crippen LogP contribution in [0.3, 0.4) is 0 Å². The standard InChI is InChI=1S/C20H24N2OS/c1-16(10-11-17-7-3-2-4-8-17)15-19(23)22-13-6-5-9-18(22)20-21-12-14-24-20/h2-4,7-8,12,14-15,18H,5-6,9-11,13H2,1H3/b16-15-. The number of carbonyl (C=O) groups excluding carboxylic acids is 1. The van der Waals surface area contributed by atoms with Crippen LogP contribution in [0.2, 0.25) is 0 Å². The molecule has 1 aliphatic heterocycles. The molecule has 1 amide bonds. The maximum atomic E-state index is 12.8. The monoisotopic (exact) mass is 340 g/mol. The fourth-order valence-corrected chi connectivity index (χ4v) is 3.99. The van der Waals surface area contributed by atoms with E-state index in [0.29, 0.717) is 0 Å². The van der Waals surface area contributed by atoms with Gasteiger partial charge in [-0.25, -0.2) is 4.98 Å². The van der Waals surface area contributed by atoms with Gasteiger partial charge in [-0.05, 0) is 44.6 Å². The number of likely N-dealkylation sites (tertiary alicyclic amines) is 1. The fraction of sp³-hybridized carbons (Fsp3) is 0.400. The highest BCUT2D eigenvalue weighted by Crippen LogP contribution is 2.32. The Balaban J connectivity index is 1.63. The van der Waals surface area contributed by atoms with Crippen molar-refractivity contribution in [2.45, 2.75) is 45.1 Å². The summed E-state index contributed by atoms with van der Waals surface area (Å²) < 4.78 is 0. The Morgan fingerprint density at radius 1 is 1.33 bits per heavy atom. The van der Waals surface area contributed by atoms with Crippen molar-refractivity contribution < 1.29 is 4.79 Å². The highest BCUT2D eigenvalue weighted by Gasteiger charge is 2.28. The lowest BCUT2D eigenvalue weighted by atomic mass is 10.0. The maximum Gasteiger partial charge on any atom is 0.247 e. The third kappa shape index (κ3) is 4.32. The van der Waals surface area contributed by atoms with E-state index in [-0.39, 0.29) is 11.9 Å². The summed E-state index contributed by atoms with van der Waals surface area (Å²) in [5.41, 5.74) is 2.46. The lowest BCUT2D eigenvalue weighted by Gasteiger charge is -2.34. The zero-order chi connectivity index (χ0) is 16.8. The molecule has 0 saturated carbocycles. The number of aromatic nitrogens is 1. The summed E-state index contributed by atoms with van der Waals surface area (Å²) in [7, 11) is 0. The molecule has 0 bridgehead atoms. The van der Waals surface area contributed by atoms with Gasteiger partial charge >= 0.3 is 0 Å². The van der Waals surface area contributed by atoms with Crippen LogP contribution >= 0.6 is 11.3 Å². The quantitative estimate of drug-likeness (QED) is 0.734. The van der Waals surface area contributed by atoms with E-state index in [2.05, 4.69) is 36.2 Å². The van der Waals surface area contributed by atoms with Crippen LogP contribution < -0.4 is 0 Å². The van der Waals surface area contributed by atoms with E-state index in [9.17, 15) is 4.79 Å². The zero-order valence-corrected chi connectivity index (χ0v) is 15.0. The number of hydrogen-bond donors (Lipinski definition) is 0. The summed E-state index contributed by atoms with van der Waals surface area (Å²) >= 11 is 1.65. The number of carbonyl (C=O) groups is 1. The van der Waals surface area contributed by atoms with Crippen molar-refractivity contribution in [3.05, 3.63) is 64.1 Å². The summed E-state index contributed by atoms with van der Waals surface area (Å²) in [6.07, 6.45) is 8.84. The van der Waals surface area contributed by atoms with Gasteiger partial charge < -0.3 is 4.90 Å². The minimum atomic E-state index is 0.139. The molecular formula is C20H24N2OS. The van der Waals surface area contributed by atoms with Crippen molar-refractivity contribution in [3.63, 3.8) is 0 Å². The predicted molar refractivity (Wildman–Crippen MR) is 98.9 cm³/mol. The summed E-state index contributed by atoms with van der Waals surface area (Å²) in [5.74, 6) is 0.139. The molecule has 0 aliphatic carbocycles. The minimum Gasteiger partial charge on any atom is -0.330 e. The van der Waals surface area contributed by atoms with E-state index in [4.69, 9.17) is 0 Å². The van der Waals surface area contributed by atoms with Gasteiger partial charge in [-0.3, -0.25) is 4.79 Å². The van der Waals surface area contributed by atoms with Crippen molar-refractivity contribution >= 4 is 17.2 Å². The van der Waals surface area contributed by atoms with Crippen LogP contribution in [-0.4, -0.2) is 22.3 Å². The second-order valence-electron chi connectivity index (χ2n) is 6.39. The minimum absolute atomic E-state index is 0.139. The normalized spacial score (nSPS) is 18.6. The number of amides is 1. The number of rotatable bonds is 5. The topological polar surface area (TPSA) is 33.2 Å². The molecule has 2 aromatic rings. The van der Waals surface area contributed by atoms with Crippen LogP contribution in [0.15, 0.2) is 53.6 Å². The van der Waals surface area contributed by atoms with Gasteiger partial charge in [0.15, 0.2) is 0 Å². The predicted octanol–water partition coefficient (Wildman–Crippen LogP) is 4.78. The number of thiazole rings is 1. The first kappa shape index (κ1) is 16.9. The Bertz CT molecular complexity index is 679. The molecule has 1 fully saturated rings. The molecule has 0 N–H and O–H groups in total. The molecule has 3 rings (SSSR count). The Morgan fingerprint density at radius 2 is 2.17 bits per heavy atom. The lowest BCUT2D eigenvalue weighted by Crippen LogP contribution is -2.37. The molecule has 4 heteroatoms. The molecule has 0 radical (unpaired) electrons. The molecule has 126 valence electrons. The number of allylic oxidation sites excluding steroid dienone is 1. The Labute approximate surface area is 148 Å². The largest absolute Gasteiger partial charge is 0.330 e. The highest BCUT2D eigenvalue weighted by molar-refractivity contribution is 7.09. The van der Waals surface area contributed by atoms with Crippen molar-refractivity contribution in [2.75, 3.05) is 6.54 Å². The van der Waals surface area contributed by atoms with Gasteiger partial charge in [-0.15, -0.1) is 11.3 Å². The molecule has 1 aromatic heterocycles. The van der Waals surface area contributed by atoms with Crippen molar-refractivity contribution in [3.8, 4) is 0 Å². The number of piperidine rings is 1. The zero-order valence-electron chi connectivity index (χ0n) is 14.1. The number of nitrogens with zero attached hydrogens (tertiary/aromatic N) is 2. The van der Waals surface area contributed by atoms with Gasteiger partial charge in [0.1, 0.15) is 5.01 Å². The van der Waals surface area contributed by atoms with E-state index in [1.54, 1.807) is 11.3 Å². The average Bonchev–Trinajstić information content (AvgIpc) is 3.15. The van der Waals surface area contributed by atoms with Crippen molar-refractivity contribution in [1.29, 1.82) is 0 Å². The van der Waals surface area contributed by atoms with Crippen molar-refractivity contribution in [2.24, 2.45) is 0 Å². The van der Waals surface area contributed by atoms with Crippen LogP contribution in [0.5, 0.6) is 0 Å². The first-order valence-corrected chi connectivity index (χ1v) is 9.53. The van der Waals surface area contributed by atoms with E-state index < -0.39 is 0 Å². The Morgan fingerprint density at radius 3 is 2.92 bits per heavy atom. The molecular weight excluding hydrogens is 316 g/mol. The molecule has 3 nitrogen and oxygen atoms in total. The first-order valence-electron chi connectivity index (χ1n) is 8.65. The van der Waals surface area contributed by atoms with Crippen LogP contribution in [0.1, 0.15) is 49.2 Å². The van der Waals surface area contributed by atoms with Crippen LogP contribution in [-0.2, 0) is 11.2 Å². The maximum absolute atomic E-state index is 12.8. The first-order chi connectivity index (χ1) is 11.7. The van der Waals surface area contributed by atoms with Gasteiger partial charge in [0, 0.05) is 24.2 Å². The van der Waals surface area contributed by atoms with Gasteiger partial charge in [0.05, 0.1) is 6.04 Å². The molecule has 1 aromatic carbocycles. The summed E-state index contributed by atoms with van der Waals surface area (Å²) in [6.45, 7) is 2.90. The second-order valence-corrected chi connectivity index (χ2v) is 7.32. The van der Waals surface area contributed by atoms with Crippen LogP contribution in [0.4, 0.5) is 0 Å². The van der Waals surface area contributed by atoms with Crippen molar-refractivity contribution in [1.82, 2.24) is 9.88 Å².